The van der Waals surface area contributed by atoms with E-state index in [1.54, 1.807) is 0 Å². The van der Waals surface area contributed by atoms with E-state index < -0.39 is 12.1 Å². The van der Waals surface area contributed by atoms with Crippen molar-refractivity contribution in [1.82, 2.24) is 0 Å². The van der Waals surface area contributed by atoms with Gasteiger partial charge in [-0.2, -0.15) is 11.8 Å². The SMILES string of the molecule is CCCCCCCCCCCCSCCOC(=O)C(CCCCCCCC1OC1CCCCCCCC)O[C]=O. The van der Waals surface area contributed by atoms with Crippen LogP contribution < -0.4 is 0 Å². The minimum atomic E-state index is -0.813. The number of esters is 1. The van der Waals surface area contributed by atoms with Crippen molar-refractivity contribution >= 4 is 24.2 Å². The zero-order valence-electron chi connectivity index (χ0n) is 26.3. The summed E-state index contributed by atoms with van der Waals surface area (Å²) in [6.45, 7) is 6.35. The quantitative estimate of drug-likeness (QED) is 0.0446. The molecule has 0 aromatic rings. The van der Waals surface area contributed by atoms with Crippen molar-refractivity contribution in [2.24, 2.45) is 0 Å². The van der Waals surface area contributed by atoms with Crippen LogP contribution in [0.4, 0.5) is 0 Å². The number of hydrogen-bond acceptors (Lipinski definition) is 6. The average molecular weight is 584 g/mol. The third kappa shape index (κ3) is 22.9. The molecule has 5 nitrogen and oxygen atoms in total. The average Bonchev–Trinajstić information content (AvgIpc) is 3.71. The molecule has 235 valence electrons. The van der Waals surface area contributed by atoms with E-state index in [0.717, 1.165) is 30.8 Å². The summed E-state index contributed by atoms with van der Waals surface area (Å²) in [5.74, 6) is 1.48. The van der Waals surface area contributed by atoms with Crippen LogP contribution in [-0.2, 0) is 23.8 Å². The summed E-state index contributed by atoms with van der Waals surface area (Å²) in [6, 6.07) is 0. The topological polar surface area (TPSA) is 65.1 Å². The molecule has 6 heteroatoms. The minimum absolute atomic E-state index is 0.378. The molecule has 0 spiro atoms. The smallest absolute Gasteiger partial charge is 0.418 e. The summed E-state index contributed by atoms with van der Waals surface area (Å²) in [7, 11) is 0. The van der Waals surface area contributed by atoms with E-state index >= 15 is 0 Å². The molecule has 0 aliphatic carbocycles. The second-order valence-electron chi connectivity index (χ2n) is 11.8. The molecule has 0 aromatic heterocycles. The Labute approximate surface area is 252 Å². The number of epoxide rings is 1. The maximum absolute atomic E-state index is 12.3. The molecule has 0 amide bonds. The van der Waals surface area contributed by atoms with Crippen molar-refractivity contribution in [1.29, 1.82) is 0 Å². The van der Waals surface area contributed by atoms with Gasteiger partial charge in [0.25, 0.3) is 0 Å². The maximum atomic E-state index is 12.3. The first-order valence-electron chi connectivity index (χ1n) is 17.2. The highest BCUT2D eigenvalue weighted by atomic mass is 32.2. The molecule has 0 bridgehead atoms. The van der Waals surface area contributed by atoms with Crippen LogP contribution in [0.1, 0.15) is 168 Å². The van der Waals surface area contributed by atoms with E-state index in [9.17, 15) is 9.59 Å². The van der Waals surface area contributed by atoms with E-state index in [-0.39, 0.29) is 0 Å². The number of carbonyl (C=O) groups excluding carboxylic acids is 2. The Morgan fingerprint density at radius 3 is 1.68 bits per heavy atom. The van der Waals surface area contributed by atoms with Crippen LogP contribution in [0.5, 0.6) is 0 Å². The third-order valence-corrected chi connectivity index (χ3v) is 9.08. The van der Waals surface area contributed by atoms with Crippen molar-refractivity contribution in [2.75, 3.05) is 18.1 Å². The number of ether oxygens (including phenoxy) is 3. The molecule has 0 saturated carbocycles. The summed E-state index contributed by atoms with van der Waals surface area (Å²) in [5, 5.41) is 0. The van der Waals surface area contributed by atoms with Crippen LogP contribution in [0.3, 0.4) is 0 Å². The summed E-state index contributed by atoms with van der Waals surface area (Å²) in [6.07, 6.45) is 30.1. The molecule has 1 fully saturated rings. The molecular formula is C34H63O5S. The summed E-state index contributed by atoms with van der Waals surface area (Å²) < 4.78 is 16.1. The van der Waals surface area contributed by atoms with Crippen LogP contribution >= 0.6 is 11.8 Å². The van der Waals surface area contributed by atoms with E-state index in [1.165, 1.54) is 135 Å². The highest BCUT2D eigenvalue weighted by molar-refractivity contribution is 7.99. The number of carbonyl (C=O) groups is 1. The fourth-order valence-corrected chi connectivity index (χ4v) is 6.20. The van der Waals surface area contributed by atoms with Crippen LogP contribution in [0.25, 0.3) is 0 Å². The fraction of sp³-hybridized carbons (Fsp3) is 0.941. The maximum Gasteiger partial charge on any atom is 0.418 e. The third-order valence-electron chi connectivity index (χ3n) is 8.05. The summed E-state index contributed by atoms with van der Waals surface area (Å²) >= 11 is 1.84. The molecule has 0 aromatic carbocycles. The molecule has 1 heterocycles. The van der Waals surface area contributed by atoms with E-state index in [1.807, 2.05) is 11.8 Å². The molecule has 1 saturated heterocycles. The fourth-order valence-electron chi connectivity index (χ4n) is 5.39. The zero-order valence-corrected chi connectivity index (χ0v) is 27.1. The van der Waals surface area contributed by atoms with Crippen molar-refractivity contribution in [3.63, 3.8) is 0 Å². The number of rotatable bonds is 32. The van der Waals surface area contributed by atoms with Crippen LogP contribution in [0.2, 0.25) is 0 Å². The van der Waals surface area contributed by atoms with Gasteiger partial charge >= 0.3 is 12.4 Å². The standard InChI is InChI=1S/C34H63O5S/c1-3-5-7-9-11-12-13-14-19-23-28-40-29-27-37-34(36)33(38-30-35)26-22-18-15-17-21-25-32-31(39-32)24-20-16-10-8-6-4-2/h31-33H,3-29H2,1-2H3. The molecule has 3 unspecified atom stereocenters. The second-order valence-corrected chi connectivity index (χ2v) is 13.0. The van der Waals surface area contributed by atoms with Crippen molar-refractivity contribution in [2.45, 2.75) is 186 Å². The van der Waals surface area contributed by atoms with Crippen molar-refractivity contribution in [3.05, 3.63) is 0 Å². The van der Waals surface area contributed by atoms with Gasteiger partial charge in [0.1, 0.15) is 6.61 Å². The molecule has 1 radical (unpaired) electrons. The van der Waals surface area contributed by atoms with Crippen LogP contribution in [0.15, 0.2) is 0 Å². The molecule has 1 aliphatic rings. The Morgan fingerprint density at radius 2 is 1.15 bits per heavy atom. The molecule has 0 N–H and O–H groups in total. The van der Waals surface area contributed by atoms with Crippen LogP contribution in [-0.4, -0.2) is 48.9 Å². The van der Waals surface area contributed by atoms with Gasteiger partial charge in [0.15, 0.2) is 6.10 Å². The minimum Gasteiger partial charge on any atom is -0.462 e. The summed E-state index contributed by atoms with van der Waals surface area (Å²) in [5.41, 5.74) is 0. The second kappa shape index (κ2) is 28.4. The van der Waals surface area contributed by atoms with Crippen molar-refractivity contribution < 1.29 is 23.8 Å². The Morgan fingerprint density at radius 1 is 0.675 bits per heavy atom. The Balaban J connectivity index is 1.90. The highest BCUT2D eigenvalue weighted by Gasteiger charge is 2.36. The van der Waals surface area contributed by atoms with Gasteiger partial charge < -0.3 is 14.2 Å². The monoisotopic (exact) mass is 583 g/mol. The van der Waals surface area contributed by atoms with E-state index in [0.29, 0.717) is 25.2 Å². The van der Waals surface area contributed by atoms with Gasteiger partial charge in [-0.1, -0.05) is 136 Å². The lowest BCUT2D eigenvalue weighted by Gasteiger charge is -2.13. The van der Waals surface area contributed by atoms with Gasteiger partial charge in [0, 0.05) is 5.75 Å². The van der Waals surface area contributed by atoms with Gasteiger partial charge in [0.2, 0.25) is 0 Å². The lowest BCUT2D eigenvalue weighted by molar-refractivity contribution is -0.152. The van der Waals surface area contributed by atoms with Gasteiger partial charge in [-0.15, -0.1) is 0 Å². The normalized spacial score (nSPS) is 17.1. The Kier molecular flexibility index (Phi) is 26.4. The Hall–Kier alpha value is -0.750. The summed E-state index contributed by atoms with van der Waals surface area (Å²) in [4.78, 5) is 23.1. The number of thioether (sulfide) groups is 1. The highest BCUT2D eigenvalue weighted by Crippen LogP contribution is 2.32. The first-order valence-corrected chi connectivity index (χ1v) is 18.3. The molecule has 1 rings (SSSR count). The number of hydrogen-bond donors (Lipinski definition) is 0. The largest absolute Gasteiger partial charge is 0.462 e. The van der Waals surface area contributed by atoms with Gasteiger partial charge in [0.05, 0.1) is 12.2 Å². The lowest BCUT2D eigenvalue weighted by atomic mass is 10.0. The van der Waals surface area contributed by atoms with E-state index in [2.05, 4.69) is 13.8 Å². The molecular weight excluding hydrogens is 520 g/mol. The van der Waals surface area contributed by atoms with Gasteiger partial charge in [-0.25, -0.2) is 9.59 Å². The van der Waals surface area contributed by atoms with Gasteiger partial charge in [-0.3, -0.25) is 0 Å². The molecule has 3 atom stereocenters. The molecule has 40 heavy (non-hydrogen) atoms. The zero-order chi connectivity index (χ0) is 28.9. The van der Waals surface area contributed by atoms with Crippen LogP contribution in [0, 0.1) is 0 Å². The predicted octanol–water partition coefficient (Wildman–Crippen LogP) is 9.88. The Bertz CT molecular complexity index is 573. The van der Waals surface area contributed by atoms with E-state index in [4.69, 9.17) is 14.2 Å². The first kappa shape index (κ1) is 37.3. The van der Waals surface area contributed by atoms with Gasteiger partial charge in [-0.05, 0) is 37.9 Å². The lowest BCUT2D eigenvalue weighted by Crippen LogP contribution is -2.27. The number of unbranched alkanes of at least 4 members (excludes halogenated alkanes) is 18. The van der Waals surface area contributed by atoms with Crippen molar-refractivity contribution in [3.8, 4) is 0 Å². The first-order chi connectivity index (χ1) is 19.7. The predicted molar refractivity (Wildman–Crippen MR) is 170 cm³/mol. The molecule has 1 aliphatic heterocycles.